The van der Waals surface area contributed by atoms with Crippen molar-refractivity contribution in [3.8, 4) is 0 Å². The topological polar surface area (TPSA) is 61.4 Å². The van der Waals surface area contributed by atoms with Crippen LogP contribution in [-0.2, 0) is 6.42 Å². The monoisotopic (exact) mass is 381 g/mol. The van der Waals surface area contributed by atoms with E-state index in [4.69, 9.17) is 0 Å². The molecular weight excluding hydrogens is 350 g/mol. The number of carbonyl (C=O) groups excluding carboxylic acids is 1. The molecule has 150 valence electrons. The second-order valence-electron chi connectivity index (χ2n) is 7.80. The van der Waals surface area contributed by atoms with E-state index < -0.39 is 0 Å². The number of nitrogens with one attached hydrogen (secondary N) is 1. The van der Waals surface area contributed by atoms with Gasteiger partial charge in [0.1, 0.15) is 0 Å². The van der Waals surface area contributed by atoms with Gasteiger partial charge in [-0.2, -0.15) is 0 Å². The maximum atomic E-state index is 12.7. The highest BCUT2D eigenvalue weighted by Crippen LogP contribution is 2.22. The zero-order valence-electron chi connectivity index (χ0n) is 17.0. The number of anilines is 1. The average molecular weight is 382 g/mol. The number of hydrogen-bond donors (Lipinski definition) is 1. The molecule has 1 aromatic heterocycles. The number of amides is 1. The van der Waals surface area contributed by atoms with Crippen molar-refractivity contribution in [2.75, 3.05) is 45.6 Å². The fourth-order valence-electron chi connectivity index (χ4n) is 3.60. The molecule has 0 saturated carbocycles. The van der Waals surface area contributed by atoms with Crippen LogP contribution in [-0.4, -0.2) is 65.9 Å². The van der Waals surface area contributed by atoms with Gasteiger partial charge in [0.25, 0.3) is 5.91 Å². The molecule has 3 rings (SSSR count). The van der Waals surface area contributed by atoms with Gasteiger partial charge in [-0.25, -0.2) is 9.97 Å². The minimum Gasteiger partial charge on any atom is -0.354 e. The molecule has 6 heteroatoms. The molecule has 1 aliphatic heterocycles. The van der Waals surface area contributed by atoms with E-state index >= 15 is 0 Å². The Morgan fingerprint density at radius 1 is 1.14 bits per heavy atom. The molecule has 28 heavy (non-hydrogen) atoms. The largest absolute Gasteiger partial charge is 0.354 e. The Balaban J connectivity index is 1.44. The molecule has 0 atom stereocenters. The van der Waals surface area contributed by atoms with Crippen LogP contribution in [0.15, 0.2) is 42.7 Å². The molecule has 1 aromatic carbocycles. The van der Waals surface area contributed by atoms with Crippen molar-refractivity contribution >= 4 is 11.9 Å². The molecule has 1 fully saturated rings. The van der Waals surface area contributed by atoms with Gasteiger partial charge in [0, 0.05) is 32.0 Å². The van der Waals surface area contributed by atoms with Crippen molar-refractivity contribution in [1.82, 2.24) is 19.8 Å². The summed E-state index contributed by atoms with van der Waals surface area (Å²) in [5.74, 6) is 1.27. The Labute approximate surface area is 168 Å². The van der Waals surface area contributed by atoms with Gasteiger partial charge in [-0.3, -0.25) is 4.79 Å². The van der Waals surface area contributed by atoms with Gasteiger partial charge in [0.15, 0.2) is 0 Å². The van der Waals surface area contributed by atoms with E-state index in [1.807, 2.05) is 4.90 Å². The van der Waals surface area contributed by atoms with Crippen LogP contribution in [0.5, 0.6) is 0 Å². The summed E-state index contributed by atoms with van der Waals surface area (Å²) in [7, 11) is 4.11. The van der Waals surface area contributed by atoms with E-state index in [1.54, 1.807) is 12.4 Å². The van der Waals surface area contributed by atoms with Crippen molar-refractivity contribution in [3.05, 3.63) is 53.9 Å². The second kappa shape index (κ2) is 10.2. The van der Waals surface area contributed by atoms with E-state index in [0.717, 1.165) is 51.9 Å². The highest BCUT2D eigenvalue weighted by molar-refractivity contribution is 5.93. The first kappa shape index (κ1) is 20.3. The standard InChI is InChI=1S/C22H31N5O/c1-26(2)12-6-11-23-22-24-16-20(17-25-22)21(28)27-13-9-19(10-14-27)15-18-7-4-3-5-8-18/h3-5,7-8,16-17,19H,6,9-15H2,1-2H3,(H,23,24,25). The number of likely N-dealkylation sites (tertiary alicyclic amines) is 1. The van der Waals surface area contributed by atoms with Crippen molar-refractivity contribution in [2.24, 2.45) is 5.92 Å². The molecule has 1 amide bonds. The predicted molar refractivity (Wildman–Crippen MR) is 112 cm³/mol. The molecule has 0 spiro atoms. The van der Waals surface area contributed by atoms with Crippen molar-refractivity contribution in [2.45, 2.75) is 25.7 Å². The Hall–Kier alpha value is -2.47. The average Bonchev–Trinajstić information content (AvgIpc) is 2.72. The van der Waals surface area contributed by atoms with Crippen LogP contribution in [0.3, 0.4) is 0 Å². The maximum Gasteiger partial charge on any atom is 0.256 e. The van der Waals surface area contributed by atoms with E-state index in [0.29, 0.717) is 17.4 Å². The van der Waals surface area contributed by atoms with Gasteiger partial charge in [-0.1, -0.05) is 30.3 Å². The minimum atomic E-state index is 0.0392. The van der Waals surface area contributed by atoms with E-state index in [-0.39, 0.29) is 5.91 Å². The smallest absolute Gasteiger partial charge is 0.256 e. The third kappa shape index (κ3) is 6.02. The lowest BCUT2D eigenvalue weighted by atomic mass is 9.90. The first-order valence-corrected chi connectivity index (χ1v) is 10.2. The summed E-state index contributed by atoms with van der Waals surface area (Å²) >= 11 is 0. The first-order valence-electron chi connectivity index (χ1n) is 10.2. The molecule has 0 radical (unpaired) electrons. The normalized spacial score (nSPS) is 15.0. The Morgan fingerprint density at radius 3 is 2.46 bits per heavy atom. The number of nitrogens with zero attached hydrogens (tertiary/aromatic N) is 4. The number of rotatable bonds is 8. The van der Waals surface area contributed by atoms with Gasteiger partial charge in [-0.15, -0.1) is 0 Å². The SMILES string of the molecule is CN(C)CCCNc1ncc(C(=O)N2CCC(Cc3ccccc3)CC2)cn1. The highest BCUT2D eigenvalue weighted by atomic mass is 16.2. The fourth-order valence-corrected chi connectivity index (χ4v) is 3.60. The number of carbonyl (C=O) groups is 1. The number of hydrogen-bond acceptors (Lipinski definition) is 5. The van der Waals surface area contributed by atoms with E-state index in [2.05, 4.69) is 64.6 Å². The Kier molecular flexibility index (Phi) is 7.37. The molecule has 1 N–H and O–H groups in total. The zero-order valence-corrected chi connectivity index (χ0v) is 17.0. The Bertz CT molecular complexity index is 724. The van der Waals surface area contributed by atoms with Crippen molar-refractivity contribution in [1.29, 1.82) is 0 Å². The molecule has 2 aromatic rings. The van der Waals surface area contributed by atoms with Gasteiger partial charge in [0.05, 0.1) is 5.56 Å². The minimum absolute atomic E-state index is 0.0392. The molecular formula is C22H31N5O. The van der Waals surface area contributed by atoms with Gasteiger partial charge >= 0.3 is 0 Å². The zero-order chi connectivity index (χ0) is 19.8. The molecule has 6 nitrogen and oxygen atoms in total. The van der Waals surface area contributed by atoms with Crippen LogP contribution in [0, 0.1) is 5.92 Å². The third-order valence-electron chi connectivity index (χ3n) is 5.23. The lowest BCUT2D eigenvalue weighted by Gasteiger charge is -2.32. The number of benzene rings is 1. The van der Waals surface area contributed by atoms with Crippen LogP contribution in [0.2, 0.25) is 0 Å². The summed E-state index contributed by atoms with van der Waals surface area (Å²) in [5.41, 5.74) is 1.95. The van der Waals surface area contributed by atoms with E-state index in [1.165, 1.54) is 5.56 Å². The van der Waals surface area contributed by atoms with Crippen LogP contribution < -0.4 is 5.32 Å². The Morgan fingerprint density at radius 2 is 1.82 bits per heavy atom. The van der Waals surface area contributed by atoms with Gasteiger partial charge in [-0.05, 0) is 57.8 Å². The lowest BCUT2D eigenvalue weighted by molar-refractivity contribution is 0.0689. The summed E-state index contributed by atoms with van der Waals surface area (Å²) in [6.45, 7) is 3.45. The van der Waals surface area contributed by atoms with Gasteiger partial charge in [0.2, 0.25) is 5.95 Å². The summed E-state index contributed by atoms with van der Waals surface area (Å²) in [5, 5.41) is 3.20. The summed E-state index contributed by atoms with van der Waals surface area (Å²) in [6, 6.07) is 10.6. The van der Waals surface area contributed by atoms with Crippen molar-refractivity contribution in [3.63, 3.8) is 0 Å². The number of aromatic nitrogens is 2. The molecule has 1 saturated heterocycles. The molecule has 2 heterocycles. The van der Waals surface area contributed by atoms with Crippen LogP contribution in [0.4, 0.5) is 5.95 Å². The molecule has 1 aliphatic rings. The highest BCUT2D eigenvalue weighted by Gasteiger charge is 2.24. The molecule has 0 aliphatic carbocycles. The van der Waals surface area contributed by atoms with Crippen LogP contribution >= 0.6 is 0 Å². The summed E-state index contributed by atoms with van der Waals surface area (Å²) in [6.07, 6.45) is 7.49. The summed E-state index contributed by atoms with van der Waals surface area (Å²) < 4.78 is 0. The predicted octanol–water partition coefficient (Wildman–Crippen LogP) is 2.94. The maximum absolute atomic E-state index is 12.7. The van der Waals surface area contributed by atoms with Gasteiger partial charge < -0.3 is 15.1 Å². The molecule has 0 unspecified atom stereocenters. The van der Waals surface area contributed by atoms with Crippen molar-refractivity contribution < 1.29 is 4.79 Å². The lowest BCUT2D eigenvalue weighted by Crippen LogP contribution is -2.39. The molecule has 0 bridgehead atoms. The van der Waals surface area contributed by atoms with Crippen LogP contribution in [0.25, 0.3) is 0 Å². The fraction of sp³-hybridized carbons (Fsp3) is 0.500. The first-order chi connectivity index (χ1) is 13.6. The third-order valence-corrected chi connectivity index (χ3v) is 5.23. The second-order valence-corrected chi connectivity index (χ2v) is 7.80. The van der Waals surface area contributed by atoms with E-state index in [9.17, 15) is 4.79 Å². The number of piperidine rings is 1. The quantitative estimate of drug-likeness (QED) is 0.713. The summed E-state index contributed by atoms with van der Waals surface area (Å²) in [4.78, 5) is 25.4. The van der Waals surface area contributed by atoms with Crippen LogP contribution in [0.1, 0.15) is 35.2 Å².